The Morgan fingerprint density at radius 3 is 2.36 bits per heavy atom. The van der Waals surface area contributed by atoms with Gasteiger partial charge in [0.25, 0.3) is 0 Å². The summed E-state index contributed by atoms with van der Waals surface area (Å²) >= 11 is 16.2. The van der Waals surface area contributed by atoms with Gasteiger partial charge in [-0.1, -0.05) is 23.2 Å². The predicted molar refractivity (Wildman–Crippen MR) is 41.8 cm³/mol. The number of rotatable bonds is 1. The first-order chi connectivity index (χ1) is 5.15. The molecule has 1 rings (SSSR count). The molecule has 0 atom stereocenters. The van der Waals surface area contributed by atoms with Gasteiger partial charge in [0.2, 0.25) is 5.28 Å². The van der Waals surface area contributed by atoms with Crippen LogP contribution in [0.4, 0.5) is 10.3 Å². The summed E-state index contributed by atoms with van der Waals surface area (Å²) in [6.45, 7) is 0. The minimum Gasteiger partial charge on any atom is -0.204 e. The number of aromatic nitrogens is 2. The molecule has 0 amide bonds. The van der Waals surface area contributed by atoms with Gasteiger partial charge in [-0.15, -0.1) is 4.48 Å². The highest BCUT2D eigenvalue weighted by molar-refractivity contribution is 6.43. The van der Waals surface area contributed by atoms with Crippen molar-refractivity contribution in [3.05, 3.63) is 15.5 Å². The molecule has 1 aromatic rings. The lowest BCUT2D eigenvalue weighted by molar-refractivity contribution is 0.611. The first kappa shape index (κ1) is 8.77. The van der Waals surface area contributed by atoms with Crippen LogP contribution in [-0.4, -0.2) is 9.97 Å². The molecule has 60 valence electrons. The second-order valence-corrected chi connectivity index (χ2v) is 2.61. The third kappa shape index (κ3) is 1.83. The first-order valence-corrected chi connectivity index (χ1v) is 3.53. The van der Waals surface area contributed by atoms with Gasteiger partial charge in [-0.05, 0) is 11.6 Å². The van der Waals surface area contributed by atoms with Crippen molar-refractivity contribution in [3.8, 4) is 0 Å². The van der Waals surface area contributed by atoms with Gasteiger partial charge < -0.3 is 0 Å². The van der Waals surface area contributed by atoms with Gasteiger partial charge in [0.1, 0.15) is 5.02 Å². The summed E-state index contributed by atoms with van der Waals surface area (Å²) in [5.41, 5.74) is 1.22. The van der Waals surface area contributed by atoms with Crippen LogP contribution in [-0.2, 0) is 0 Å². The highest BCUT2D eigenvalue weighted by Gasteiger charge is 2.08. The topological polar surface area (TPSA) is 37.8 Å². The molecule has 3 nitrogen and oxygen atoms in total. The fourth-order valence-electron chi connectivity index (χ4n) is 0.457. The van der Waals surface area contributed by atoms with Crippen molar-refractivity contribution in [1.82, 2.24) is 9.97 Å². The molecule has 1 N–H and O–H groups in total. The van der Waals surface area contributed by atoms with Crippen molar-refractivity contribution in [2.75, 3.05) is 5.54 Å². The van der Waals surface area contributed by atoms with Gasteiger partial charge in [-0.2, -0.15) is 4.98 Å². The van der Waals surface area contributed by atoms with Crippen molar-refractivity contribution in [2.45, 2.75) is 0 Å². The Bertz CT molecular complexity index is 280. The normalized spacial score (nSPS) is 9.82. The molecule has 7 heteroatoms. The summed E-state index contributed by atoms with van der Waals surface area (Å²) in [5, 5.41) is -0.357. The largest absolute Gasteiger partial charge is 0.225 e. The number of hydrogen-bond donors (Lipinski definition) is 1. The third-order valence-corrected chi connectivity index (χ3v) is 1.77. The maximum absolute atomic E-state index is 11.8. The van der Waals surface area contributed by atoms with Crippen molar-refractivity contribution in [1.29, 1.82) is 0 Å². The number of anilines is 1. The van der Waals surface area contributed by atoms with Crippen LogP contribution in [0.3, 0.4) is 0 Å². The Hall–Kier alpha value is -0.320. The van der Waals surface area contributed by atoms with Gasteiger partial charge in [0.05, 0.1) is 0 Å². The highest BCUT2D eigenvalue weighted by Crippen LogP contribution is 2.27. The minimum absolute atomic E-state index is 0.0909. The molecular formula is C4HCl3FN3. The second kappa shape index (κ2) is 3.38. The van der Waals surface area contributed by atoms with Gasteiger partial charge >= 0.3 is 0 Å². The monoisotopic (exact) mass is 215 g/mol. The lowest BCUT2D eigenvalue weighted by Crippen LogP contribution is -1.92. The van der Waals surface area contributed by atoms with Crippen molar-refractivity contribution in [3.63, 3.8) is 0 Å². The average Bonchev–Trinajstić information content (AvgIpc) is 1.96. The van der Waals surface area contributed by atoms with Gasteiger partial charge in [-0.25, -0.2) is 10.5 Å². The fourth-order valence-corrected chi connectivity index (χ4v) is 0.959. The molecule has 11 heavy (non-hydrogen) atoms. The van der Waals surface area contributed by atoms with Crippen LogP contribution < -0.4 is 5.54 Å². The Morgan fingerprint density at radius 1 is 1.18 bits per heavy atom. The Labute approximate surface area is 76.4 Å². The maximum Gasteiger partial charge on any atom is 0.225 e. The molecule has 0 fully saturated rings. The predicted octanol–water partition coefficient (Wildman–Crippen LogP) is 2.73. The van der Waals surface area contributed by atoms with Gasteiger partial charge in [-0.3, -0.25) is 0 Å². The van der Waals surface area contributed by atoms with E-state index in [2.05, 4.69) is 9.97 Å². The molecule has 0 saturated carbocycles. The van der Waals surface area contributed by atoms with E-state index in [9.17, 15) is 4.48 Å². The Balaban J connectivity index is 3.24. The van der Waals surface area contributed by atoms with Gasteiger partial charge in [0.15, 0.2) is 11.0 Å². The molecule has 0 bridgehead atoms. The van der Waals surface area contributed by atoms with E-state index in [4.69, 9.17) is 34.8 Å². The van der Waals surface area contributed by atoms with Crippen LogP contribution in [0.15, 0.2) is 0 Å². The van der Waals surface area contributed by atoms with E-state index in [1.54, 1.807) is 0 Å². The standard InChI is InChI=1S/C4HCl3FN3/c5-1-2(6)9-4(7)10-3(1)11-8/h(H,9,10,11). The molecule has 1 aromatic heterocycles. The quantitative estimate of drug-likeness (QED) is 0.446. The molecule has 0 radical (unpaired) electrons. The molecular weight excluding hydrogens is 215 g/mol. The zero-order valence-electron chi connectivity index (χ0n) is 4.91. The third-order valence-electron chi connectivity index (χ3n) is 0.873. The fraction of sp³-hybridized carbons (Fsp3) is 0. The van der Waals surface area contributed by atoms with E-state index in [0.29, 0.717) is 0 Å². The average molecular weight is 216 g/mol. The van der Waals surface area contributed by atoms with E-state index in [-0.39, 0.29) is 21.3 Å². The molecule has 0 aliphatic rings. The summed E-state index contributed by atoms with van der Waals surface area (Å²) in [5.74, 6) is -0.239. The summed E-state index contributed by atoms with van der Waals surface area (Å²) in [7, 11) is 0. The summed E-state index contributed by atoms with van der Waals surface area (Å²) < 4.78 is 11.8. The minimum atomic E-state index is -0.239. The summed E-state index contributed by atoms with van der Waals surface area (Å²) in [6, 6.07) is 0. The van der Waals surface area contributed by atoms with E-state index < -0.39 is 0 Å². The van der Waals surface area contributed by atoms with Crippen molar-refractivity contribution in [2.24, 2.45) is 0 Å². The lowest BCUT2D eigenvalue weighted by Gasteiger charge is -1.99. The summed E-state index contributed by atoms with van der Waals surface area (Å²) in [6.07, 6.45) is 0. The van der Waals surface area contributed by atoms with Crippen LogP contribution in [0.5, 0.6) is 0 Å². The lowest BCUT2D eigenvalue weighted by atomic mass is 10.6. The molecule has 0 aromatic carbocycles. The zero-order chi connectivity index (χ0) is 8.43. The summed E-state index contributed by atoms with van der Waals surface area (Å²) in [4.78, 5) is 6.87. The molecule has 0 spiro atoms. The molecule has 0 aliphatic carbocycles. The van der Waals surface area contributed by atoms with E-state index in [1.165, 1.54) is 5.54 Å². The maximum atomic E-state index is 11.8. The first-order valence-electron chi connectivity index (χ1n) is 2.40. The van der Waals surface area contributed by atoms with Crippen LogP contribution >= 0.6 is 34.8 Å². The molecule has 0 unspecified atom stereocenters. The smallest absolute Gasteiger partial charge is 0.204 e. The highest BCUT2D eigenvalue weighted by atomic mass is 35.5. The van der Waals surface area contributed by atoms with Crippen LogP contribution in [0.2, 0.25) is 15.5 Å². The molecule has 1 heterocycles. The number of nitrogens with zero attached hydrogens (tertiary/aromatic N) is 2. The van der Waals surface area contributed by atoms with Crippen molar-refractivity contribution >= 4 is 40.6 Å². The molecule has 0 aliphatic heterocycles. The number of nitrogens with one attached hydrogen (secondary N) is 1. The van der Waals surface area contributed by atoms with Crippen molar-refractivity contribution < 1.29 is 4.48 Å². The number of halogens is 4. The van der Waals surface area contributed by atoms with Crippen LogP contribution in [0.1, 0.15) is 0 Å². The second-order valence-electron chi connectivity index (χ2n) is 1.54. The number of hydrogen-bond acceptors (Lipinski definition) is 3. The van der Waals surface area contributed by atoms with Gasteiger partial charge in [0, 0.05) is 0 Å². The van der Waals surface area contributed by atoms with Crippen LogP contribution in [0, 0.1) is 0 Å². The van der Waals surface area contributed by atoms with E-state index in [0.717, 1.165) is 0 Å². The molecule has 0 saturated heterocycles. The Morgan fingerprint density at radius 2 is 1.82 bits per heavy atom. The van der Waals surface area contributed by atoms with Crippen LogP contribution in [0.25, 0.3) is 0 Å². The van der Waals surface area contributed by atoms with E-state index >= 15 is 0 Å². The SMILES string of the molecule is FNc1nc(Cl)nc(Cl)c1Cl. The zero-order valence-corrected chi connectivity index (χ0v) is 7.17. The van der Waals surface area contributed by atoms with E-state index in [1.807, 2.05) is 0 Å². The Kier molecular flexibility index (Phi) is 2.70.